The fraction of sp³-hybridized carbons (Fsp3) is 0.933. The summed E-state index contributed by atoms with van der Waals surface area (Å²) in [5.41, 5.74) is 5.92. The molecule has 2 unspecified atom stereocenters. The monoisotopic (exact) mass is 269 g/mol. The number of hydrogen-bond donors (Lipinski definition) is 2. The molecule has 1 saturated heterocycles. The smallest absolute Gasteiger partial charge is 0.221 e. The van der Waals surface area contributed by atoms with Crippen molar-refractivity contribution in [2.45, 2.75) is 70.9 Å². The van der Waals surface area contributed by atoms with E-state index in [9.17, 15) is 4.79 Å². The first-order chi connectivity index (χ1) is 9.22. The van der Waals surface area contributed by atoms with E-state index >= 15 is 0 Å². The Balaban J connectivity index is 2.52. The van der Waals surface area contributed by atoms with Crippen molar-refractivity contribution in [3.63, 3.8) is 0 Å². The van der Waals surface area contributed by atoms with E-state index in [4.69, 9.17) is 5.73 Å². The third-order valence-electron chi connectivity index (χ3n) is 4.03. The number of piperidine rings is 1. The highest BCUT2D eigenvalue weighted by Crippen LogP contribution is 2.23. The molecule has 2 atom stereocenters. The molecule has 1 aliphatic rings. The summed E-state index contributed by atoms with van der Waals surface area (Å²) in [6.07, 6.45) is 7.81. The van der Waals surface area contributed by atoms with Crippen molar-refractivity contribution in [1.82, 2.24) is 10.2 Å². The first-order valence-corrected chi connectivity index (χ1v) is 7.95. The minimum Gasteiger partial charge on any atom is -0.356 e. The SMILES string of the molecule is CCCNC(=O)CC(CN)N1CCCCC1CCC. The van der Waals surface area contributed by atoms with Gasteiger partial charge in [0, 0.05) is 31.6 Å². The Morgan fingerprint density at radius 2 is 2.16 bits per heavy atom. The van der Waals surface area contributed by atoms with Gasteiger partial charge in [-0.1, -0.05) is 26.7 Å². The second-order valence-electron chi connectivity index (χ2n) is 5.62. The lowest BCUT2D eigenvalue weighted by Crippen LogP contribution is -2.51. The lowest BCUT2D eigenvalue weighted by molar-refractivity contribution is -0.122. The molecular weight excluding hydrogens is 238 g/mol. The average Bonchev–Trinajstić information content (AvgIpc) is 2.43. The molecular formula is C15H31N3O. The molecule has 1 aliphatic heterocycles. The van der Waals surface area contributed by atoms with Crippen LogP contribution in [0.5, 0.6) is 0 Å². The molecule has 0 aromatic heterocycles. The molecule has 0 spiro atoms. The van der Waals surface area contributed by atoms with E-state index in [-0.39, 0.29) is 11.9 Å². The van der Waals surface area contributed by atoms with Gasteiger partial charge in [0.25, 0.3) is 0 Å². The fourth-order valence-corrected chi connectivity index (χ4v) is 3.03. The molecule has 0 radical (unpaired) electrons. The molecule has 112 valence electrons. The molecule has 3 N–H and O–H groups in total. The number of amides is 1. The van der Waals surface area contributed by atoms with Crippen LogP contribution in [-0.2, 0) is 4.79 Å². The van der Waals surface area contributed by atoms with Gasteiger partial charge in [-0.2, -0.15) is 0 Å². The molecule has 4 nitrogen and oxygen atoms in total. The summed E-state index contributed by atoms with van der Waals surface area (Å²) in [5, 5.41) is 2.96. The Bertz CT molecular complexity index is 256. The van der Waals surface area contributed by atoms with E-state index in [0.29, 0.717) is 19.0 Å². The molecule has 1 fully saturated rings. The highest BCUT2D eigenvalue weighted by atomic mass is 16.1. The van der Waals surface area contributed by atoms with Gasteiger partial charge in [-0.15, -0.1) is 0 Å². The van der Waals surface area contributed by atoms with Gasteiger partial charge >= 0.3 is 0 Å². The highest BCUT2D eigenvalue weighted by Gasteiger charge is 2.28. The van der Waals surface area contributed by atoms with Crippen molar-refractivity contribution in [3.05, 3.63) is 0 Å². The maximum atomic E-state index is 11.9. The topological polar surface area (TPSA) is 58.4 Å². The Morgan fingerprint density at radius 1 is 1.37 bits per heavy atom. The number of nitrogens with zero attached hydrogens (tertiary/aromatic N) is 1. The molecule has 1 rings (SSSR count). The van der Waals surface area contributed by atoms with Crippen molar-refractivity contribution in [2.24, 2.45) is 5.73 Å². The molecule has 0 bridgehead atoms. The second kappa shape index (κ2) is 9.32. The van der Waals surface area contributed by atoms with Crippen molar-refractivity contribution >= 4 is 5.91 Å². The summed E-state index contributed by atoms with van der Waals surface area (Å²) in [5.74, 6) is 0.151. The molecule has 0 aliphatic carbocycles. The summed E-state index contributed by atoms with van der Waals surface area (Å²) in [4.78, 5) is 14.4. The van der Waals surface area contributed by atoms with Crippen molar-refractivity contribution in [2.75, 3.05) is 19.6 Å². The lowest BCUT2D eigenvalue weighted by atomic mass is 9.95. The predicted octanol–water partition coefficient (Wildman–Crippen LogP) is 1.88. The Morgan fingerprint density at radius 3 is 2.79 bits per heavy atom. The minimum atomic E-state index is 0.151. The normalized spacial score (nSPS) is 22.2. The van der Waals surface area contributed by atoms with Crippen LogP contribution in [0.1, 0.15) is 58.8 Å². The van der Waals surface area contributed by atoms with Crippen molar-refractivity contribution in [3.8, 4) is 0 Å². The zero-order chi connectivity index (χ0) is 14.1. The minimum absolute atomic E-state index is 0.151. The number of likely N-dealkylation sites (tertiary alicyclic amines) is 1. The van der Waals surface area contributed by atoms with Crippen LogP contribution in [0, 0.1) is 0 Å². The average molecular weight is 269 g/mol. The first kappa shape index (κ1) is 16.4. The van der Waals surface area contributed by atoms with E-state index in [1.165, 1.54) is 32.1 Å². The summed E-state index contributed by atoms with van der Waals surface area (Å²) < 4.78 is 0. The zero-order valence-electron chi connectivity index (χ0n) is 12.7. The second-order valence-corrected chi connectivity index (χ2v) is 5.62. The van der Waals surface area contributed by atoms with E-state index in [1.54, 1.807) is 0 Å². The molecule has 19 heavy (non-hydrogen) atoms. The lowest BCUT2D eigenvalue weighted by Gasteiger charge is -2.40. The van der Waals surface area contributed by atoms with E-state index in [2.05, 4.69) is 24.1 Å². The van der Waals surface area contributed by atoms with Gasteiger partial charge in [0.2, 0.25) is 5.91 Å². The van der Waals surface area contributed by atoms with Gasteiger partial charge in [-0.3, -0.25) is 9.69 Å². The fourth-order valence-electron chi connectivity index (χ4n) is 3.03. The standard InChI is InChI=1S/C15H31N3O/c1-3-7-13-8-5-6-10-18(13)14(12-16)11-15(19)17-9-4-2/h13-14H,3-12,16H2,1-2H3,(H,17,19). The maximum absolute atomic E-state index is 11.9. The molecule has 0 aromatic rings. The third-order valence-corrected chi connectivity index (χ3v) is 4.03. The van der Waals surface area contributed by atoms with Gasteiger partial charge in [0.05, 0.1) is 0 Å². The quantitative estimate of drug-likeness (QED) is 0.707. The molecule has 1 heterocycles. The predicted molar refractivity (Wildman–Crippen MR) is 80.0 cm³/mol. The summed E-state index contributed by atoms with van der Waals surface area (Å²) in [7, 11) is 0. The number of carbonyl (C=O) groups excluding carboxylic acids is 1. The van der Waals surface area contributed by atoms with Crippen molar-refractivity contribution < 1.29 is 4.79 Å². The van der Waals surface area contributed by atoms with E-state index in [0.717, 1.165) is 19.5 Å². The summed E-state index contributed by atoms with van der Waals surface area (Å²) in [6.45, 7) is 6.77. The van der Waals surface area contributed by atoms with Gasteiger partial charge in [-0.05, 0) is 32.2 Å². The number of rotatable bonds is 8. The maximum Gasteiger partial charge on any atom is 0.221 e. The molecule has 1 amide bonds. The summed E-state index contributed by atoms with van der Waals surface area (Å²) >= 11 is 0. The number of hydrogen-bond acceptors (Lipinski definition) is 3. The molecule has 0 saturated carbocycles. The molecule has 4 heteroatoms. The highest BCUT2D eigenvalue weighted by molar-refractivity contribution is 5.76. The van der Waals surface area contributed by atoms with Crippen LogP contribution in [0.2, 0.25) is 0 Å². The Kier molecular flexibility index (Phi) is 8.07. The van der Waals surface area contributed by atoms with Crippen LogP contribution >= 0.6 is 0 Å². The van der Waals surface area contributed by atoms with Crippen LogP contribution in [0.15, 0.2) is 0 Å². The zero-order valence-corrected chi connectivity index (χ0v) is 12.7. The van der Waals surface area contributed by atoms with Gasteiger partial charge < -0.3 is 11.1 Å². The largest absolute Gasteiger partial charge is 0.356 e. The number of carbonyl (C=O) groups is 1. The van der Waals surface area contributed by atoms with Gasteiger partial charge in [-0.25, -0.2) is 0 Å². The van der Waals surface area contributed by atoms with Gasteiger partial charge in [0.15, 0.2) is 0 Å². The van der Waals surface area contributed by atoms with Crippen LogP contribution in [0.4, 0.5) is 0 Å². The number of nitrogens with two attached hydrogens (primary N) is 1. The van der Waals surface area contributed by atoms with Crippen molar-refractivity contribution in [1.29, 1.82) is 0 Å². The third kappa shape index (κ3) is 5.49. The number of nitrogens with one attached hydrogen (secondary N) is 1. The molecule has 0 aromatic carbocycles. The van der Waals surface area contributed by atoms with E-state index in [1.807, 2.05) is 0 Å². The Labute approximate surface area is 118 Å². The Hall–Kier alpha value is -0.610. The van der Waals surface area contributed by atoms with Gasteiger partial charge in [0.1, 0.15) is 0 Å². The van der Waals surface area contributed by atoms with Crippen LogP contribution in [-0.4, -0.2) is 42.5 Å². The first-order valence-electron chi connectivity index (χ1n) is 7.95. The summed E-state index contributed by atoms with van der Waals surface area (Å²) in [6, 6.07) is 0.847. The van der Waals surface area contributed by atoms with Crippen LogP contribution in [0.25, 0.3) is 0 Å². The van der Waals surface area contributed by atoms with E-state index < -0.39 is 0 Å². The van der Waals surface area contributed by atoms with Crippen LogP contribution in [0.3, 0.4) is 0 Å². The van der Waals surface area contributed by atoms with Crippen LogP contribution < -0.4 is 11.1 Å².